The van der Waals surface area contributed by atoms with Gasteiger partial charge in [-0.15, -0.1) is 0 Å². The van der Waals surface area contributed by atoms with E-state index >= 15 is 0 Å². The molecule has 0 fully saturated rings. The second kappa shape index (κ2) is 14.4. The van der Waals surface area contributed by atoms with Crippen LogP contribution in [0.25, 0.3) is 65.4 Å². The number of aryl methyl sites for hydroxylation is 9. The molecule has 0 amide bonds. The van der Waals surface area contributed by atoms with E-state index in [2.05, 4.69) is 212 Å². The molecule has 9 aromatic carbocycles. The van der Waals surface area contributed by atoms with Crippen LogP contribution in [0.15, 0.2) is 148 Å². The zero-order chi connectivity index (χ0) is 43.4. The van der Waals surface area contributed by atoms with Gasteiger partial charge in [0.2, 0.25) is 0 Å². The highest BCUT2D eigenvalue weighted by Crippen LogP contribution is 2.44. The molecule has 0 N–H and O–H groups in total. The molecule has 2 heterocycles. The predicted octanol–water partition coefficient (Wildman–Crippen LogP) is 17.5. The molecule has 0 radical (unpaired) electrons. The molecule has 0 aliphatic rings. The lowest BCUT2D eigenvalue weighted by Crippen LogP contribution is -2.11. The van der Waals surface area contributed by atoms with Crippen molar-refractivity contribution < 1.29 is 8.83 Å². The first-order chi connectivity index (χ1) is 30.3. The highest BCUT2D eigenvalue weighted by molar-refractivity contribution is 6.20. The maximum atomic E-state index is 6.79. The van der Waals surface area contributed by atoms with E-state index in [-0.39, 0.29) is 0 Å². The van der Waals surface area contributed by atoms with E-state index in [1.807, 2.05) is 0 Å². The van der Waals surface area contributed by atoms with E-state index in [1.165, 1.54) is 55.3 Å². The van der Waals surface area contributed by atoms with Gasteiger partial charge >= 0.3 is 0 Å². The smallest absolute Gasteiger partial charge is 0.142 e. The van der Waals surface area contributed by atoms with Crippen LogP contribution in [0, 0.1) is 62.3 Å². The van der Waals surface area contributed by atoms with Crippen molar-refractivity contribution in [2.75, 3.05) is 9.80 Å². The van der Waals surface area contributed by atoms with Gasteiger partial charge in [0.25, 0.3) is 0 Å². The highest BCUT2D eigenvalue weighted by Gasteiger charge is 2.21. The maximum absolute atomic E-state index is 6.79. The molecule has 0 atom stereocenters. The fourth-order valence-corrected chi connectivity index (χ4v) is 10.3. The Morgan fingerprint density at radius 3 is 0.905 bits per heavy atom. The molecule has 11 rings (SSSR count). The van der Waals surface area contributed by atoms with Gasteiger partial charge in [-0.2, -0.15) is 0 Å². The third-order valence-corrected chi connectivity index (χ3v) is 12.7. The molecular weight excluding hydrogens is 769 g/mol. The second-order valence-corrected chi connectivity index (χ2v) is 18.3. The van der Waals surface area contributed by atoms with Gasteiger partial charge in [-0.05, 0) is 231 Å². The van der Waals surface area contributed by atoms with E-state index in [0.29, 0.717) is 0 Å². The van der Waals surface area contributed by atoms with Gasteiger partial charge in [-0.1, -0.05) is 36.4 Å². The van der Waals surface area contributed by atoms with E-state index in [4.69, 9.17) is 8.83 Å². The largest absolute Gasteiger partial charge is 0.456 e. The molecule has 2 aromatic heterocycles. The van der Waals surface area contributed by atoms with Gasteiger partial charge in [0.1, 0.15) is 22.3 Å². The van der Waals surface area contributed by atoms with E-state index < -0.39 is 0 Å². The summed E-state index contributed by atoms with van der Waals surface area (Å²) in [6.07, 6.45) is 0. The molecule has 0 unspecified atom stereocenters. The predicted molar refractivity (Wildman–Crippen MR) is 268 cm³/mol. The summed E-state index contributed by atoms with van der Waals surface area (Å²) in [5, 5.41) is 9.01. The van der Waals surface area contributed by atoms with E-state index in [1.54, 1.807) is 0 Å². The van der Waals surface area contributed by atoms with Crippen LogP contribution in [-0.2, 0) is 0 Å². The Morgan fingerprint density at radius 2 is 0.587 bits per heavy atom. The summed E-state index contributed by atoms with van der Waals surface area (Å²) in [5.74, 6) is 0. The standard InChI is InChI=1S/C59H50N2O2/c1-33-14-34(2)19-48(18-33)60(49-20-35(3)15-36(4)21-49)46-12-10-42-28-52-54-32-55-53-29-43-11-13-47(61(50-22-37(5)16-38(6)23-50)51-24-39(7)17-40(8)25-51)27-45(43)31-57(53)63-59(55)41(9)58(54)62-56(52)30-44(42)26-46/h10-32H,1-9H3. The topological polar surface area (TPSA) is 32.8 Å². The van der Waals surface area contributed by atoms with Gasteiger partial charge in [-0.3, -0.25) is 0 Å². The number of anilines is 6. The molecule has 11 aromatic rings. The molecule has 0 aliphatic heterocycles. The van der Waals surface area contributed by atoms with Crippen LogP contribution in [0.3, 0.4) is 0 Å². The summed E-state index contributed by atoms with van der Waals surface area (Å²) in [7, 11) is 0. The number of fused-ring (bicyclic) bond motifs is 8. The normalized spacial score (nSPS) is 11.9. The Balaban J connectivity index is 1.03. The SMILES string of the molecule is Cc1cc(C)cc(N(c2cc(C)cc(C)c2)c2ccc3cc4c(cc3c2)oc2c(C)c3oc5cc6cc(N(c7cc(C)cc(C)c7)c7cc(C)cc(C)c7)ccc6cc5c3cc24)c1. The lowest BCUT2D eigenvalue weighted by Gasteiger charge is -2.27. The van der Waals surface area contributed by atoms with Gasteiger partial charge in [0.05, 0.1) is 0 Å². The molecule has 63 heavy (non-hydrogen) atoms. The van der Waals surface area contributed by atoms with Crippen molar-refractivity contribution in [1.82, 2.24) is 0 Å². The Bertz CT molecular complexity index is 3270. The highest BCUT2D eigenvalue weighted by atomic mass is 16.3. The number of rotatable bonds is 6. The monoisotopic (exact) mass is 818 g/mol. The maximum Gasteiger partial charge on any atom is 0.142 e. The summed E-state index contributed by atoms with van der Waals surface area (Å²) in [5.41, 5.74) is 21.2. The van der Waals surface area contributed by atoms with Gasteiger partial charge in [0, 0.05) is 61.2 Å². The fraction of sp³-hybridized carbons (Fsp3) is 0.153. The van der Waals surface area contributed by atoms with Crippen molar-refractivity contribution in [3.63, 3.8) is 0 Å². The van der Waals surface area contributed by atoms with Crippen molar-refractivity contribution in [3.05, 3.63) is 190 Å². The summed E-state index contributed by atoms with van der Waals surface area (Å²) in [6.45, 7) is 19.5. The average Bonchev–Trinajstić information content (AvgIpc) is 3.75. The Hall–Kier alpha value is -7.30. The number of nitrogens with zero attached hydrogens (tertiary/aromatic N) is 2. The fourth-order valence-electron chi connectivity index (χ4n) is 10.3. The van der Waals surface area contributed by atoms with Crippen LogP contribution in [0.1, 0.15) is 50.1 Å². The third kappa shape index (κ3) is 6.69. The van der Waals surface area contributed by atoms with Crippen LogP contribution < -0.4 is 9.80 Å². The van der Waals surface area contributed by atoms with Crippen molar-refractivity contribution >= 4 is 99.5 Å². The van der Waals surface area contributed by atoms with E-state index in [0.717, 1.165) is 94.3 Å². The van der Waals surface area contributed by atoms with Gasteiger partial charge in [0.15, 0.2) is 0 Å². The first kappa shape index (κ1) is 38.6. The Labute approximate surface area is 368 Å². The molecule has 0 aliphatic carbocycles. The average molecular weight is 819 g/mol. The Kier molecular flexibility index (Phi) is 8.82. The van der Waals surface area contributed by atoms with Crippen LogP contribution in [0.2, 0.25) is 0 Å². The van der Waals surface area contributed by atoms with E-state index in [9.17, 15) is 0 Å². The van der Waals surface area contributed by atoms with Crippen molar-refractivity contribution in [2.24, 2.45) is 0 Å². The lowest BCUT2D eigenvalue weighted by molar-refractivity contribution is 0.651. The lowest BCUT2D eigenvalue weighted by atomic mass is 10.0. The minimum atomic E-state index is 0.864. The zero-order valence-electron chi connectivity index (χ0n) is 37.5. The quantitative estimate of drug-likeness (QED) is 0.167. The molecular formula is C59H50N2O2. The van der Waals surface area contributed by atoms with Crippen molar-refractivity contribution in [2.45, 2.75) is 62.3 Å². The molecule has 308 valence electrons. The first-order valence-corrected chi connectivity index (χ1v) is 21.9. The molecule has 0 saturated carbocycles. The number of furan rings is 2. The van der Waals surface area contributed by atoms with Gasteiger partial charge < -0.3 is 18.6 Å². The van der Waals surface area contributed by atoms with Crippen molar-refractivity contribution in [3.8, 4) is 0 Å². The van der Waals surface area contributed by atoms with Crippen LogP contribution >= 0.6 is 0 Å². The molecule has 0 spiro atoms. The van der Waals surface area contributed by atoms with Crippen LogP contribution in [0.4, 0.5) is 34.1 Å². The number of hydrogen-bond donors (Lipinski definition) is 0. The third-order valence-electron chi connectivity index (χ3n) is 12.7. The van der Waals surface area contributed by atoms with Crippen LogP contribution in [-0.4, -0.2) is 0 Å². The second-order valence-electron chi connectivity index (χ2n) is 18.3. The summed E-state index contributed by atoms with van der Waals surface area (Å²) < 4.78 is 13.6. The molecule has 4 heteroatoms. The van der Waals surface area contributed by atoms with Crippen molar-refractivity contribution in [1.29, 1.82) is 0 Å². The summed E-state index contributed by atoms with van der Waals surface area (Å²) in [6, 6.07) is 52.0. The minimum Gasteiger partial charge on any atom is -0.456 e. The first-order valence-electron chi connectivity index (χ1n) is 21.9. The number of benzene rings is 9. The molecule has 4 nitrogen and oxygen atoms in total. The Morgan fingerprint density at radius 1 is 0.270 bits per heavy atom. The number of hydrogen-bond acceptors (Lipinski definition) is 4. The minimum absolute atomic E-state index is 0.864. The zero-order valence-corrected chi connectivity index (χ0v) is 37.5. The molecule has 0 bridgehead atoms. The summed E-state index contributed by atoms with van der Waals surface area (Å²) >= 11 is 0. The summed E-state index contributed by atoms with van der Waals surface area (Å²) in [4.78, 5) is 4.75. The van der Waals surface area contributed by atoms with Gasteiger partial charge in [-0.25, -0.2) is 0 Å². The molecule has 0 saturated heterocycles. The van der Waals surface area contributed by atoms with Crippen LogP contribution in [0.5, 0.6) is 0 Å².